The molecule has 0 amide bonds. The Hall–Kier alpha value is -1.36. The molecule has 17 heavy (non-hydrogen) atoms. The van der Waals surface area contributed by atoms with Crippen LogP contribution >= 0.6 is 0 Å². The summed E-state index contributed by atoms with van der Waals surface area (Å²) in [6.07, 6.45) is 0. The van der Waals surface area contributed by atoms with Crippen LogP contribution in [0, 0.1) is 21.4 Å². The molecule has 1 aromatic heterocycles. The minimum Gasteiger partial charge on any atom is -0.404 e. The van der Waals surface area contributed by atoms with Crippen LogP contribution in [-0.4, -0.2) is 11.5 Å². The van der Waals surface area contributed by atoms with E-state index in [-0.39, 0.29) is 11.3 Å². The molecule has 1 atom stereocenters. The zero-order valence-corrected chi connectivity index (χ0v) is 10.8. The Morgan fingerprint density at radius 3 is 2.59 bits per heavy atom. The van der Waals surface area contributed by atoms with Crippen molar-refractivity contribution in [2.75, 3.05) is 6.54 Å². The predicted molar refractivity (Wildman–Crippen MR) is 65.7 cm³/mol. The van der Waals surface area contributed by atoms with Crippen LogP contribution < -0.4 is 5.32 Å². The van der Waals surface area contributed by atoms with Gasteiger partial charge < -0.3 is 9.73 Å². The lowest BCUT2D eigenvalue weighted by molar-refractivity contribution is -0.402. The van der Waals surface area contributed by atoms with Crippen molar-refractivity contribution < 1.29 is 9.34 Å². The van der Waals surface area contributed by atoms with E-state index < -0.39 is 4.92 Å². The lowest BCUT2D eigenvalue weighted by atomic mass is 9.82. The Morgan fingerprint density at radius 2 is 2.12 bits per heavy atom. The molecule has 0 radical (unpaired) electrons. The van der Waals surface area contributed by atoms with Gasteiger partial charge in [0.2, 0.25) is 0 Å². The largest absolute Gasteiger partial charge is 0.433 e. The molecule has 0 bridgehead atoms. The fourth-order valence-electron chi connectivity index (χ4n) is 1.28. The Kier molecular flexibility index (Phi) is 4.28. The van der Waals surface area contributed by atoms with E-state index in [0.717, 1.165) is 6.54 Å². The number of nitrogens with zero attached hydrogens (tertiary/aromatic N) is 1. The molecule has 0 fully saturated rings. The van der Waals surface area contributed by atoms with Crippen molar-refractivity contribution in [1.82, 2.24) is 5.32 Å². The molecule has 1 N–H and O–H groups in total. The molecule has 1 rings (SSSR count). The predicted octanol–water partition coefficient (Wildman–Crippen LogP) is 2.96. The molecule has 0 saturated heterocycles. The van der Waals surface area contributed by atoms with Gasteiger partial charge in [0.15, 0.2) is 0 Å². The van der Waals surface area contributed by atoms with E-state index in [9.17, 15) is 10.1 Å². The highest BCUT2D eigenvalue weighted by Gasteiger charge is 2.19. The molecule has 5 heteroatoms. The van der Waals surface area contributed by atoms with Crippen molar-refractivity contribution in [3.8, 4) is 0 Å². The van der Waals surface area contributed by atoms with Gasteiger partial charge in [-0.3, -0.25) is 10.1 Å². The van der Waals surface area contributed by atoms with Crippen LogP contribution in [0.15, 0.2) is 16.5 Å². The first kappa shape index (κ1) is 13.7. The Balaban J connectivity index is 2.38. The van der Waals surface area contributed by atoms with Crippen molar-refractivity contribution in [2.45, 2.75) is 34.2 Å². The topological polar surface area (TPSA) is 68.3 Å². The minimum atomic E-state index is -0.527. The first-order valence-electron chi connectivity index (χ1n) is 5.74. The van der Waals surface area contributed by atoms with Crippen molar-refractivity contribution in [3.63, 3.8) is 0 Å². The second-order valence-corrected chi connectivity index (χ2v) is 5.40. The Morgan fingerprint density at radius 1 is 1.47 bits per heavy atom. The molecule has 1 unspecified atom stereocenters. The standard InChI is InChI=1S/C12H20N2O3/c1-9(12(2,3)4)7-13-8-10-5-6-11(17-10)14(15)16/h5-6,9,13H,7-8H2,1-4H3. The third kappa shape index (κ3) is 4.19. The van der Waals surface area contributed by atoms with Gasteiger partial charge in [-0.2, -0.15) is 0 Å². The fraction of sp³-hybridized carbons (Fsp3) is 0.667. The van der Waals surface area contributed by atoms with E-state index >= 15 is 0 Å². The summed E-state index contributed by atoms with van der Waals surface area (Å²) in [7, 11) is 0. The smallest absolute Gasteiger partial charge is 0.404 e. The number of rotatable bonds is 5. The molecule has 1 aromatic rings. The van der Waals surface area contributed by atoms with Crippen LogP contribution in [0.25, 0.3) is 0 Å². The normalized spacial score (nSPS) is 13.6. The average Bonchev–Trinajstić information content (AvgIpc) is 2.64. The van der Waals surface area contributed by atoms with Gasteiger partial charge in [0.25, 0.3) is 0 Å². The maximum atomic E-state index is 10.4. The van der Waals surface area contributed by atoms with Gasteiger partial charge in [-0.15, -0.1) is 0 Å². The molecule has 0 saturated carbocycles. The number of hydrogen-bond acceptors (Lipinski definition) is 4. The average molecular weight is 240 g/mol. The number of nitro groups is 1. The van der Waals surface area contributed by atoms with E-state index in [2.05, 4.69) is 33.0 Å². The molecule has 96 valence electrons. The number of nitrogens with one attached hydrogen (secondary N) is 1. The van der Waals surface area contributed by atoms with Gasteiger partial charge in [-0.25, -0.2) is 0 Å². The fourth-order valence-corrected chi connectivity index (χ4v) is 1.28. The van der Waals surface area contributed by atoms with Gasteiger partial charge in [-0.1, -0.05) is 27.7 Å². The van der Waals surface area contributed by atoms with Crippen LogP contribution in [0.4, 0.5) is 5.88 Å². The van der Waals surface area contributed by atoms with Crippen molar-refractivity contribution >= 4 is 5.88 Å². The lowest BCUT2D eigenvalue weighted by Crippen LogP contribution is -2.29. The Labute approximate surface area is 101 Å². The van der Waals surface area contributed by atoms with Gasteiger partial charge in [0, 0.05) is 0 Å². The molecular formula is C12H20N2O3. The minimum absolute atomic E-state index is 0.203. The number of furan rings is 1. The summed E-state index contributed by atoms with van der Waals surface area (Å²) in [5.41, 5.74) is 0.252. The third-order valence-corrected chi connectivity index (χ3v) is 3.06. The highest BCUT2D eigenvalue weighted by atomic mass is 16.6. The van der Waals surface area contributed by atoms with Gasteiger partial charge in [0.1, 0.15) is 10.7 Å². The van der Waals surface area contributed by atoms with Crippen LogP contribution in [-0.2, 0) is 6.54 Å². The molecular weight excluding hydrogens is 220 g/mol. The van der Waals surface area contributed by atoms with Crippen LogP contribution in [0.3, 0.4) is 0 Å². The van der Waals surface area contributed by atoms with E-state index in [0.29, 0.717) is 18.2 Å². The van der Waals surface area contributed by atoms with E-state index in [1.165, 1.54) is 6.07 Å². The molecule has 1 heterocycles. The summed E-state index contributed by atoms with van der Waals surface area (Å²) in [4.78, 5) is 9.89. The summed E-state index contributed by atoms with van der Waals surface area (Å²) < 4.78 is 5.05. The van der Waals surface area contributed by atoms with Crippen molar-refractivity contribution in [2.24, 2.45) is 11.3 Å². The zero-order chi connectivity index (χ0) is 13.1. The first-order chi connectivity index (χ1) is 7.80. The van der Waals surface area contributed by atoms with Crippen LogP contribution in [0.5, 0.6) is 0 Å². The van der Waals surface area contributed by atoms with E-state index in [1.807, 2.05) is 0 Å². The Bertz CT molecular complexity index is 379. The molecule has 0 aliphatic heterocycles. The first-order valence-corrected chi connectivity index (χ1v) is 5.74. The highest BCUT2D eigenvalue weighted by Crippen LogP contribution is 2.24. The third-order valence-electron chi connectivity index (χ3n) is 3.06. The SMILES string of the molecule is CC(CNCc1ccc([N+](=O)[O-])o1)C(C)(C)C. The van der Waals surface area contributed by atoms with Crippen molar-refractivity contribution in [3.05, 3.63) is 28.0 Å². The summed E-state index contributed by atoms with van der Waals surface area (Å²) >= 11 is 0. The lowest BCUT2D eigenvalue weighted by Gasteiger charge is -2.27. The summed E-state index contributed by atoms with van der Waals surface area (Å²) in [5.74, 6) is 0.913. The van der Waals surface area contributed by atoms with E-state index in [4.69, 9.17) is 4.42 Å². The quantitative estimate of drug-likeness (QED) is 0.634. The summed E-state index contributed by atoms with van der Waals surface area (Å²) in [6.45, 7) is 10.1. The van der Waals surface area contributed by atoms with Crippen molar-refractivity contribution in [1.29, 1.82) is 0 Å². The summed E-state index contributed by atoms with van der Waals surface area (Å²) in [6, 6.07) is 3.01. The second kappa shape index (κ2) is 5.31. The van der Waals surface area contributed by atoms with Crippen LogP contribution in [0.2, 0.25) is 0 Å². The highest BCUT2D eigenvalue weighted by molar-refractivity contribution is 5.17. The van der Waals surface area contributed by atoms with Gasteiger partial charge in [-0.05, 0) is 23.9 Å². The van der Waals surface area contributed by atoms with Gasteiger partial charge in [0.05, 0.1) is 12.6 Å². The second-order valence-electron chi connectivity index (χ2n) is 5.40. The molecule has 0 aliphatic carbocycles. The zero-order valence-electron chi connectivity index (χ0n) is 10.8. The number of hydrogen-bond donors (Lipinski definition) is 1. The molecule has 5 nitrogen and oxygen atoms in total. The maximum Gasteiger partial charge on any atom is 0.433 e. The van der Waals surface area contributed by atoms with Crippen LogP contribution in [0.1, 0.15) is 33.5 Å². The van der Waals surface area contributed by atoms with Gasteiger partial charge >= 0.3 is 5.88 Å². The molecule has 0 spiro atoms. The monoisotopic (exact) mass is 240 g/mol. The summed E-state index contributed by atoms with van der Waals surface area (Å²) in [5, 5.41) is 13.7. The molecule has 0 aromatic carbocycles. The maximum absolute atomic E-state index is 10.4. The molecule has 0 aliphatic rings. The van der Waals surface area contributed by atoms with E-state index in [1.54, 1.807) is 6.07 Å².